The molecular weight excluding hydrogens is 372 g/mol. The Labute approximate surface area is 156 Å². The highest BCUT2D eigenvalue weighted by molar-refractivity contribution is 7.89. The number of benzene rings is 1. The molecule has 0 aliphatic heterocycles. The SMILES string of the molecule is Cc1csc(-c2cc(S(=O)(=O)NCCCc3ccccc3)c(C)s2)n1. The highest BCUT2D eigenvalue weighted by Crippen LogP contribution is 2.35. The van der Waals surface area contributed by atoms with Gasteiger partial charge in [-0.25, -0.2) is 18.1 Å². The van der Waals surface area contributed by atoms with E-state index < -0.39 is 10.0 Å². The zero-order valence-corrected chi connectivity index (χ0v) is 16.6. The monoisotopic (exact) mass is 392 g/mol. The number of thiophene rings is 1. The Balaban J connectivity index is 1.65. The fourth-order valence-corrected chi connectivity index (χ4v) is 6.05. The molecule has 7 heteroatoms. The molecule has 0 saturated carbocycles. The lowest BCUT2D eigenvalue weighted by Gasteiger charge is -2.06. The van der Waals surface area contributed by atoms with E-state index in [1.165, 1.54) is 28.2 Å². The van der Waals surface area contributed by atoms with Crippen LogP contribution in [0.5, 0.6) is 0 Å². The molecule has 25 heavy (non-hydrogen) atoms. The van der Waals surface area contributed by atoms with Gasteiger partial charge in [0.05, 0.1) is 9.77 Å². The quantitative estimate of drug-likeness (QED) is 0.606. The van der Waals surface area contributed by atoms with Crippen LogP contribution in [0.1, 0.15) is 22.6 Å². The van der Waals surface area contributed by atoms with Crippen molar-refractivity contribution in [1.82, 2.24) is 9.71 Å². The largest absolute Gasteiger partial charge is 0.241 e. The van der Waals surface area contributed by atoms with E-state index in [9.17, 15) is 8.42 Å². The first kappa shape index (κ1) is 18.3. The van der Waals surface area contributed by atoms with E-state index in [0.29, 0.717) is 11.4 Å². The molecule has 0 spiro atoms. The van der Waals surface area contributed by atoms with Crippen LogP contribution in [0.25, 0.3) is 9.88 Å². The Morgan fingerprint density at radius 2 is 1.92 bits per heavy atom. The third-order valence-corrected chi connectivity index (χ3v) is 7.66. The van der Waals surface area contributed by atoms with Gasteiger partial charge in [0.25, 0.3) is 0 Å². The van der Waals surface area contributed by atoms with Gasteiger partial charge in [0, 0.05) is 22.5 Å². The van der Waals surface area contributed by atoms with E-state index in [1.807, 2.05) is 37.4 Å². The van der Waals surface area contributed by atoms with Crippen molar-refractivity contribution in [2.45, 2.75) is 31.6 Å². The second-order valence-electron chi connectivity index (χ2n) is 5.81. The highest BCUT2D eigenvalue weighted by Gasteiger charge is 2.21. The van der Waals surface area contributed by atoms with Crippen LogP contribution in [-0.4, -0.2) is 19.9 Å². The number of rotatable bonds is 7. The summed E-state index contributed by atoms with van der Waals surface area (Å²) in [6, 6.07) is 11.8. The molecule has 0 radical (unpaired) electrons. The Kier molecular flexibility index (Phi) is 5.68. The van der Waals surface area contributed by atoms with Crippen LogP contribution < -0.4 is 4.72 Å². The summed E-state index contributed by atoms with van der Waals surface area (Å²) in [5.74, 6) is 0. The molecule has 3 rings (SSSR count). The minimum atomic E-state index is -3.49. The Hall–Kier alpha value is -1.54. The molecule has 0 aliphatic rings. The van der Waals surface area contributed by atoms with Crippen LogP contribution in [-0.2, 0) is 16.4 Å². The molecule has 4 nitrogen and oxygen atoms in total. The van der Waals surface area contributed by atoms with Crippen LogP contribution in [0.4, 0.5) is 0 Å². The molecule has 0 aliphatic carbocycles. The van der Waals surface area contributed by atoms with Crippen molar-refractivity contribution in [3.05, 3.63) is 57.9 Å². The number of hydrogen-bond acceptors (Lipinski definition) is 5. The van der Waals surface area contributed by atoms with Crippen molar-refractivity contribution in [1.29, 1.82) is 0 Å². The minimum Gasteiger partial charge on any atom is -0.241 e. The second kappa shape index (κ2) is 7.78. The van der Waals surface area contributed by atoms with Crippen molar-refractivity contribution < 1.29 is 8.42 Å². The highest BCUT2D eigenvalue weighted by atomic mass is 32.2. The molecule has 0 bridgehead atoms. The third-order valence-electron chi connectivity index (χ3n) is 3.77. The lowest BCUT2D eigenvalue weighted by Crippen LogP contribution is -2.25. The van der Waals surface area contributed by atoms with Gasteiger partial charge in [0.15, 0.2) is 0 Å². The van der Waals surface area contributed by atoms with Gasteiger partial charge in [0.1, 0.15) is 5.01 Å². The van der Waals surface area contributed by atoms with E-state index in [2.05, 4.69) is 21.8 Å². The molecule has 2 aromatic heterocycles. The standard InChI is InChI=1S/C18H20N2O2S3/c1-13-12-23-18(20-13)16-11-17(14(2)24-16)25(21,22)19-10-6-9-15-7-4-3-5-8-15/h3-5,7-8,11-12,19H,6,9-10H2,1-2H3. The topological polar surface area (TPSA) is 59.1 Å². The fourth-order valence-electron chi connectivity index (χ4n) is 2.53. The molecular formula is C18H20N2O2S3. The first-order valence-corrected chi connectivity index (χ1v) is 11.2. The summed E-state index contributed by atoms with van der Waals surface area (Å²) in [5.41, 5.74) is 2.17. The smallest absolute Gasteiger partial charge is 0.241 e. The van der Waals surface area contributed by atoms with Gasteiger partial charge in [0.2, 0.25) is 10.0 Å². The molecule has 1 N–H and O–H groups in total. The third kappa shape index (κ3) is 4.55. The van der Waals surface area contributed by atoms with Crippen LogP contribution in [0, 0.1) is 13.8 Å². The van der Waals surface area contributed by atoms with Crippen molar-refractivity contribution >= 4 is 32.7 Å². The number of thiazole rings is 1. The molecule has 2 heterocycles. The molecule has 0 unspecified atom stereocenters. The maximum Gasteiger partial charge on any atom is 0.241 e. The molecule has 0 fully saturated rings. The van der Waals surface area contributed by atoms with Crippen molar-refractivity contribution in [3.63, 3.8) is 0 Å². The Morgan fingerprint density at radius 1 is 1.16 bits per heavy atom. The van der Waals surface area contributed by atoms with Crippen molar-refractivity contribution in [2.24, 2.45) is 0 Å². The summed E-state index contributed by atoms with van der Waals surface area (Å²) < 4.78 is 27.9. The molecule has 0 amide bonds. The summed E-state index contributed by atoms with van der Waals surface area (Å²) in [4.78, 5) is 6.49. The summed E-state index contributed by atoms with van der Waals surface area (Å²) in [6.45, 7) is 4.21. The van der Waals surface area contributed by atoms with E-state index in [0.717, 1.165) is 33.3 Å². The molecule has 0 saturated heterocycles. The summed E-state index contributed by atoms with van der Waals surface area (Å²) in [5, 5.41) is 2.84. The predicted molar refractivity (Wildman–Crippen MR) is 105 cm³/mol. The molecule has 0 atom stereocenters. The summed E-state index contributed by atoms with van der Waals surface area (Å²) in [7, 11) is -3.49. The number of nitrogens with zero attached hydrogens (tertiary/aromatic N) is 1. The maximum absolute atomic E-state index is 12.6. The Morgan fingerprint density at radius 3 is 2.60 bits per heavy atom. The molecule has 3 aromatic rings. The van der Waals surface area contributed by atoms with E-state index in [1.54, 1.807) is 6.07 Å². The minimum absolute atomic E-state index is 0.361. The summed E-state index contributed by atoms with van der Waals surface area (Å²) in [6.07, 6.45) is 1.63. The zero-order valence-electron chi connectivity index (χ0n) is 14.2. The molecule has 132 valence electrons. The fraction of sp³-hybridized carbons (Fsp3) is 0.278. The van der Waals surface area contributed by atoms with Crippen molar-refractivity contribution in [2.75, 3.05) is 6.54 Å². The lowest BCUT2D eigenvalue weighted by atomic mass is 10.1. The average Bonchev–Trinajstić information content (AvgIpc) is 3.19. The average molecular weight is 393 g/mol. The van der Waals surface area contributed by atoms with Gasteiger partial charge in [-0.2, -0.15) is 0 Å². The van der Waals surface area contributed by atoms with Gasteiger partial charge in [-0.05, 0) is 38.3 Å². The predicted octanol–water partition coefficient (Wildman–Crippen LogP) is 4.40. The number of sulfonamides is 1. The van der Waals surface area contributed by atoms with Gasteiger partial charge in [-0.15, -0.1) is 22.7 Å². The van der Waals surface area contributed by atoms with Gasteiger partial charge < -0.3 is 0 Å². The van der Waals surface area contributed by atoms with Crippen LogP contribution in [0.2, 0.25) is 0 Å². The maximum atomic E-state index is 12.6. The second-order valence-corrected chi connectivity index (χ2v) is 9.66. The van der Waals surface area contributed by atoms with Gasteiger partial charge in [-0.3, -0.25) is 0 Å². The lowest BCUT2D eigenvalue weighted by molar-refractivity contribution is 0.579. The normalized spacial score (nSPS) is 11.8. The van der Waals surface area contributed by atoms with Crippen LogP contribution >= 0.6 is 22.7 Å². The molecule has 1 aromatic carbocycles. The Bertz CT molecular complexity index is 944. The van der Waals surface area contributed by atoms with Gasteiger partial charge >= 0.3 is 0 Å². The van der Waals surface area contributed by atoms with E-state index in [-0.39, 0.29) is 0 Å². The summed E-state index contributed by atoms with van der Waals surface area (Å²) >= 11 is 3.01. The van der Waals surface area contributed by atoms with Gasteiger partial charge in [-0.1, -0.05) is 30.3 Å². The van der Waals surface area contributed by atoms with Crippen molar-refractivity contribution in [3.8, 4) is 9.88 Å². The van der Waals surface area contributed by atoms with Crippen LogP contribution in [0.3, 0.4) is 0 Å². The number of aromatic nitrogens is 1. The first-order valence-electron chi connectivity index (χ1n) is 8.02. The van der Waals surface area contributed by atoms with E-state index >= 15 is 0 Å². The first-order chi connectivity index (χ1) is 12.0. The number of nitrogens with one attached hydrogen (secondary N) is 1. The zero-order chi connectivity index (χ0) is 17.9. The number of aryl methyl sites for hydroxylation is 3. The van der Waals surface area contributed by atoms with Crippen LogP contribution in [0.15, 0.2) is 46.7 Å². The van der Waals surface area contributed by atoms with E-state index in [4.69, 9.17) is 0 Å². The number of hydrogen-bond donors (Lipinski definition) is 1.